The van der Waals surface area contributed by atoms with Crippen LogP contribution in [0, 0.1) is 46.3 Å². The van der Waals surface area contributed by atoms with Crippen LogP contribution in [-0.4, -0.2) is 156 Å². The quantitative estimate of drug-likeness (QED) is 0.125. The van der Waals surface area contributed by atoms with Crippen LogP contribution in [0.1, 0.15) is 72.1 Å². The maximum Gasteiger partial charge on any atom is 0.187 e. The van der Waals surface area contributed by atoms with Crippen molar-refractivity contribution in [2.45, 2.75) is 158 Å². The molecule has 1 unspecified atom stereocenters. The van der Waals surface area contributed by atoms with Crippen molar-refractivity contribution in [3.63, 3.8) is 0 Å². The van der Waals surface area contributed by atoms with Crippen molar-refractivity contribution in [1.82, 2.24) is 0 Å². The van der Waals surface area contributed by atoms with Crippen molar-refractivity contribution in [2.75, 3.05) is 19.8 Å². The predicted octanol–water partition coefficient (Wildman–Crippen LogP) is -1.10. The molecule has 0 radical (unpaired) electrons. The molecule has 7 fully saturated rings. The fourth-order valence-corrected chi connectivity index (χ4v) is 12.4. The van der Waals surface area contributed by atoms with Crippen LogP contribution in [0.15, 0.2) is 12.2 Å². The molecular weight excluding hydrogens is 696 g/mol. The molecule has 22 atom stereocenters. The Morgan fingerprint density at radius 2 is 1.53 bits per heavy atom. The Morgan fingerprint density at radius 1 is 0.811 bits per heavy atom. The molecule has 53 heavy (non-hydrogen) atoms. The molecule has 15 heteroatoms. The summed E-state index contributed by atoms with van der Waals surface area (Å²) in [5.74, 6) is -0.994. The van der Waals surface area contributed by atoms with Gasteiger partial charge < -0.3 is 74.7 Å². The Hall–Kier alpha value is -0.860. The van der Waals surface area contributed by atoms with E-state index in [-0.39, 0.29) is 67.2 Å². The minimum absolute atomic E-state index is 0.0343. The van der Waals surface area contributed by atoms with Crippen molar-refractivity contribution in [3.05, 3.63) is 12.2 Å². The van der Waals surface area contributed by atoms with E-state index in [0.717, 1.165) is 25.7 Å². The summed E-state index contributed by atoms with van der Waals surface area (Å²) >= 11 is 0. The van der Waals surface area contributed by atoms with Crippen LogP contribution < -0.4 is 0 Å². The molecule has 304 valence electrons. The molecule has 4 saturated carbocycles. The van der Waals surface area contributed by atoms with Crippen LogP contribution in [0.3, 0.4) is 0 Å². The van der Waals surface area contributed by atoms with Gasteiger partial charge in [0.25, 0.3) is 0 Å². The van der Waals surface area contributed by atoms with Crippen LogP contribution in [0.4, 0.5) is 0 Å². The van der Waals surface area contributed by atoms with E-state index in [9.17, 15) is 51.1 Å². The summed E-state index contributed by atoms with van der Waals surface area (Å²) in [6, 6.07) is 0. The molecule has 3 aliphatic heterocycles. The first-order valence-corrected chi connectivity index (χ1v) is 19.6. The molecule has 0 aromatic rings. The van der Waals surface area contributed by atoms with Gasteiger partial charge in [-0.2, -0.15) is 0 Å². The first kappa shape index (κ1) is 40.3. The first-order chi connectivity index (χ1) is 25.0. The number of rotatable bonds is 9. The summed E-state index contributed by atoms with van der Waals surface area (Å²) in [6.07, 6.45) is -9.94. The van der Waals surface area contributed by atoms with Gasteiger partial charge in [0.2, 0.25) is 0 Å². The lowest BCUT2D eigenvalue weighted by molar-refractivity contribution is -0.320. The van der Waals surface area contributed by atoms with Crippen molar-refractivity contribution in [1.29, 1.82) is 0 Å². The smallest absolute Gasteiger partial charge is 0.187 e. The zero-order valence-corrected chi connectivity index (χ0v) is 31.0. The van der Waals surface area contributed by atoms with Gasteiger partial charge in [0.05, 0.1) is 44.2 Å². The van der Waals surface area contributed by atoms with Gasteiger partial charge in [0.15, 0.2) is 18.4 Å². The van der Waals surface area contributed by atoms with E-state index in [1.54, 1.807) is 0 Å². The number of fused-ring (bicyclic) bond motifs is 7. The third-order valence-corrected chi connectivity index (χ3v) is 15.4. The molecule has 0 bridgehead atoms. The van der Waals surface area contributed by atoms with E-state index >= 15 is 0 Å². The largest absolute Gasteiger partial charge is 0.394 e. The SMILES string of the molecule is C=C(CCC1(O)O[C@H]2C[C@H]3[C@@H]4CC[C@H]5[C@H](O)[C@@H](O)C[C@@H](O[C@@H]6OC[C@H](O)[C@H](O)[C@H]6O)[C@]5(C)[C@H]4CC[C@]3(C)[C@H]2[C@@H]1C)CO[C@@H]1O[C@H](CO)[C@@H](O)[C@H](O)[C@H]1O. The molecule has 3 saturated heterocycles. The normalized spacial score (nSPS) is 56.6. The van der Waals surface area contributed by atoms with Gasteiger partial charge in [-0.3, -0.25) is 0 Å². The lowest BCUT2D eigenvalue weighted by Gasteiger charge is -2.64. The van der Waals surface area contributed by atoms with Crippen molar-refractivity contribution < 1.29 is 74.7 Å². The monoisotopic (exact) mass is 758 g/mol. The highest BCUT2D eigenvalue weighted by molar-refractivity contribution is 5.17. The highest BCUT2D eigenvalue weighted by atomic mass is 16.7. The van der Waals surface area contributed by atoms with Gasteiger partial charge in [-0.15, -0.1) is 0 Å². The lowest BCUT2D eigenvalue weighted by atomic mass is 9.43. The molecule has 0 aromatic carbocycles. The average molecular weight is 759 g/mol. The van der Waals surface area contributed by atoms with Gasteiger partial charge >= 0.3 is 0 Å². The van der Waals surface area contributed by atoms with E-state index < -0.39 is 91.4 Å². The first-order valence-electron chi connectivity index (χ1n) is 19.6. The van der Waals surface area contributed by atoms with E-state index in [0.29, 0.717) is 24.3 Å². The molecule has 10 N–H and O–H groups in total. The lowest BCUT2D eigenvalue weighted by Crippen LogP contribution is -2.65. The zero-order chi connectivity index (χ0) is 38.4. The van der Waals surface area contributed by atoms with E-state index in [1.807, 2.05) is 0 Å². The minimum Gasteiger partial charge on any atom is -0.394 e. The maximum atomic E-state index is 11.9. The van der Waals surface area contributed by atoms with Gasteiger partial charge in [-0.05, 0) is 73.5 Å². The predicted molar refractivity (Wildman–Crippen MR) is 183 cm³/mol. The summed E-state index contributed by atoms with van der Waals surface area (Å²) in [5, 5.41) is 105. The van der Waals surface area contributed by atoms with Crippen LogP contribution in [-0.2, 0) is 23.7 Å². The van der Waals surface area contributed by atoms with E-state index in [4.69, 9.17) is 23.7 Å². The Balaban J connectivity index is 1.01. The second kappa shape index (κ2) is 14.8. The highest BCUT2D eigenvalue weighted by Gasteiger charge is 2.70. The highest BCUT2D eigenvalue weighted by Crippen LogP contribution is 2.71. The van der Waals surface area contributed by atoms with E-state index in [2.05, 4.69) is 27.4 Å². The Bertz CT molecular complexity index is 1320. The topological polar surface area (TPSA) is 248 Å². The molecule has 7 aliphatic rings. The standard InChI is InChI=1S/C38H62O15/c1-16(14-49-34-33(47)31(45)30(44)25(13-39)51-34)7-10-38(48)17(2)27-24(53-38)11-21-18-5-6-20-28(42)22(40)12-26(37(20,4)19(18)8-9-36(21,27)3)52-35-32(46)29(43)23(41)15-50-35/h17-35,39-48H,1,5-15H2,2-4H3/t17-,18+,19-,20-,21-,22-,23-,24-,25+,26+,27-,28-,29-,30+,31-,32+,33+,34+,35-,36-,37+,38?/m0/s1. The molecule has 15 nitrogen and oxygen atoms in total. The van der Waals surface area contributed by atoms with Gasteiger partial charge in [0.1, 0.15) is 42.7 Å². The van der Waals surface area contributed by atoms with E-state index in [1.165, 1.54) is 0 Å². The fraction of sp³-hybridized carbons (Fsp3) is 0.947. The van der Waals surface area contributed by atoms with Gasteiger partial charge in [-0.1, -0.05) is 32.9 Å². The fourth-order valence-electron chi connectivity index (χ4n) is 12.4. The minimum atomic E-state index is -1.54. The molecule has 4 aliphatic carbocycles. The zero-order valence-electron chi connectivity index (χ0n) is 31.0. The third kappa shape index (κ3) is 6.57. The molecule has 3 heterocycles. The Labute approximate surface area is 310 Å². The number of hydrogen-bond acceptors (Lipinski definition) is 15. The van der Waals surface area contributed by atoms with Crippen LogP contribution in [0.5, 0.6) is 0 Å². The average Bonchev–Trinajstić information content (AvgIpc) is 3.56. The second-order valence-electron chi connectivity index (χ2n) is 17.9. The molecular formula is C38H62O15. The summed E-state index contributed by atoms with van der Waals surface area (Å²) in [7, 11) is 0. The van der Waals surface area contributed by atoms with Crippen molar-refractivity contribution >= 4 is 0 Å². The molecule has 0 spiro atoms. The maximum absolute atomic E-state index is 11.9. The van der Waals surface area contributed by atoms with Crippen molar-refractivity contribution in [2.24, 2.45) is 46.3 Å². The number of hydrogen-bond donors (Lipinski definition) is 10. The molecule has 0 amide bonds. The third-order valence-electron chi connectivity index (χ3n) is 15.4. The summed E-state index contributed by atoms with van der Waals surface area (Å²) in [4.78, 5) is 0. The second-order valence-corrected chi connectivity index (χ2v) is 17.9. The Kier molecular flexibility index (Phi) is 11.3. The Morgan fingerprint density at radius 3 is 2.25 bits per heavy atom. The number of ether oxygens (including phenoxy) is 5. The number of aliphatic hydroxyl groups excluding tert-OH is 9. The van der Waals surface area contributed by atoms with Crippen LogP contribution in [0.25, 0.3) is 0 Å². The molecule has 7 rings (SSSR count). The van der Waals surface area contributed by atoms with Gasteiger partial charge in [-0.25, -0.2) is 0 Å². The summed E-state index contributed by atoms with van der Waals surface area (Å²) < 4.78 is 29.8. The van der Waals surface area contributed by atoms with Crippen LogP contribution in [0.2, 0.25) is 0 Å². The van der Waals surface area contributed by atoms with Gasteiger partial charge in [0, 0.05) is 24.2 Å². The van der Waals surface area contributed by atoms with Crippen LogP contribution >= 0.6 is 0 Å². The van der Waals surface area contributed by atoms with Crippen molar-refractivity contribution in [3.8, 4) is 0 Å². The summed E-state index contributed by atoms with van der Waals surface area (Å²) in [6.45, 7) is 9.82. The molecule has 0 aromatic heterocycles. The summed E-state index contributed by atoms with van der Waals surface area (Å²) in [5.41, 5.74) is -0.0595. The number of aliphatic hydroxyl groups is 10.